The van der Waals surface area contributed by atoms with E-state index in [0.29, 0.717) is 17.4 Å². The molecule has 0 unspecified atom stereocenters. The van der Waals surface area contributed by atoms with E-state index in [-0.39, 0.29) is 11.3 Å². The topological polar surface area (TPSA) is 73.0 Å². The van der Waals surface area contributed by atoms with Crippen molar-refractivity contribution in [1.82, 2.24) is 14.9 Å². The Balaban J connectivity index is 1.81. The van der Waals surface area contributed by atoms with Crippen molar-refractivity contribution in [3.05, 3.63) is 29.3 Å². The molecule has 0 radical (unpaired) electrons. The molecule has 22 heavy (non-hydrogen) atoms. The first-order valence-electron chi connectivity index (χ1n) is 7.63. The maximum atomic E-state index is 12.4. The van der Waals surface area contributed by atoms with Crippen molar-refractivity contribution in [3.63, 3.8) is 0 Å². The SMILES string of the molecule is Cn1ccc(NC(=O)c2noc3c2C[C@@H](C(C)(C)C)CC3)n1. The van der Waals surface area contributed by atoms with Gasteiger partial charge in [0.2, 0.25) is 0 Å². The smallest absolute Gasteiger partial charge is 0.279 e. The fourth-order valence-electron chi connectivity index (χ4n) is 2.98. The number of nitrogens with zero attached hydrogens (tertiary/aromatic N) is 3. The molecule has 0 saturated carbocycles. The van der Waals surface area contributed by atoms with Gasteiger partial charge in [-0.25, -0.2) is 0 Å². The van der Waals surface area contributed by atoms with Crippen molar-refractivity contribution >= 4 is 11.7 Å². The fourth-order valence-corrected chi connectivity index (χ4v) is 2.98. The molecule has 0 spiro atoms. The summed E-state index contributed by atoms with van der Waals surface area (Å²) in [7, 11) is 1.81. The van der Waals surface area contributed by atoms with E-state index < -0.39 is 0 Å². The molecule has 3 rings (SSSR count). The second-order valence-electron chi connectivity index (χ2n) is 7.07. The molecule has 0 bridgehead atoms. The Morgan fingerprint density at radius 3 is 2.86 bits per heavy atom. The van der Waals surface area contributed by atoms with E-state index in [1.165, 1.54) is 0 Å². The van der Waals surface area contributed by atoms with Gasteiger partial charge in [0, 0.05) is 31.3 Å². The summed E-state index contributed by atoms with van der Waals surface area (Å²) in [6.07, 6.45) is 4.55. The maximum Gasteiger partial charge on any atom is 0.279 e. The van der Waals surface area contributed by atoms with Crippen LogP contribution in [0.25, 0.3) is 0 Å². The Hall–Kier alpha value is -2.11. The molecule has 2 aromatic rings. The number of carbonyl (C=O) groups is 1. The molecule has 6 heteroatoms. The quantitative estimate of drug-likeness (QED) is 0.925. The second-order valence-corrected chi connectivity index (χ2v) is 7.07. The van der Waals surface area contributed by atoms with Gasteiger partial charge in [0.15, 0.2) is 11.5 Å². The normalized spacial score (nSPS) is 18.1. The summed E-state index contributed by atoms with van der Waals surface area (Å²) >= 11 is 0. The first-order chi connectivity index (χ1) is 10.3. The highest BCUT2D eigenvalue weighted by molar-refractivity contribution is 6.03. The van der Waals surface area contributed by atoms with Gasteiger partial charge in [0.1, 0.15) is 5.76 Å². The predicted molar refractivity (Wildman–Crippen MR) is 82.6 cm³/mol. The lowest BCUT2D eigenvalue weighted by molar-refractivity contribution is 0.101. The molecule has 2 heterocycles. The Labute approximate surface area is 129 Å². The van der Waals surface area contributed by atoms with E-state index in [4.69, 9.17) is 4.52 Å². The zero-order valence-corrected chi connectivity index (χ0v) is 13.5. The number of fused-ring (bicyclic) bond motifs is 1. The molecule has 1 amide bonds. The molecular weight excluding hydrogens is 280 g/mol. The number of anilines is 1. The Morgan fingerprint density at radius 2 is 2.23 bits per heavy atom. The number of hydrogen-bond acceptors (Lipinski definition) is 4. The molecule has 1 aliphatic carbocycles. The minimum absolute atomic E-state index is 0.212. The van der Waals surface area contributed by atoms with Gasteiger partial charge in [-0.2, -0.15) is 5.10 Å². The largest absolute Gasteiger partial charge is 0.360 e. The third-order valence-electron chi connectivity index (χ3n) is 4.43. The second kappa shape index (κ2) is 5.26. The van der Waals surface area contributed by atoms with Crippen LogP contribution in [0.2, 0.25) is 0 Å². The summed E-state index contributed by atoms with van der Waals surface area (Å²) in [4.78, 5) is 12.4. The highest BCUT2D eigenvalue weighted by Crippen LogP contribution is 2.38. The van der Waals surface area contributed by atoms with Crippen LogP contribution in [-0.2, 0) is 19.9 Å². The Morgan fingerprint density at radius 1 is 1.45 bits per heavy atom. The van der Waals surface area contributed by atoms with Crippen LogP contribution in [-0.4, -0.2) is 20.8 Å². The number of amides is 1. The van der Waals surface area contributed by atoms with Crippen molar-refractivity contribution < 1.29 is 9.32 Å². The van der Waals surface area contributed by atoms with Gasteiger partial charge in [0.25, 0.3) is 5.91 Å². The molecule has 6 nitrogen and oxygen atoms in total. The van der Waals surface area contributed by atoms with Crippen LogP contribution in [0.1, 0.15) is 49.0 Å². The Bertz CT molecular complexity index is 693. The number of aryl methyl sites for hydroxylation is 2. The van der Waals surface area contributed by atoms with Gasteiger partial charge >= 0.3 is 0 Å². The molecule has 1 atom stereocenters. The van der Waals surface area contributed by atoms with Crippen LogP contribution in [0.15, 0.2) is 16.8 Å². The number of rotatable bonds is 2. The zero-order chi connectivity index (χ0) is 15.9. The van der Waals surface area contributed by atoms with Gasteiger partial charge in [-0.05, 0) is 24.2 Å². The molecule has 118 valence electrons. The molecular formula is C16H22N4O2. The van der Waals surface area contributed by atoms with Crippen molar-refractivity contribution in [1.29, 1.82) is 0 Å². The van der Waals surface area contributed by atoms with E-state index >= 15 is 0 Å². The summed E-state index contributed by atoms with van der Waals surface area (Å²) < 4.78 is 7.02. The number of carbonyl (C=O) groups excluding carboxylic acids is 1. The minimum atomic E-state index is -0.252. The molecule has 2 aromatic heterocycles. The van der Waals surface area contributed by atoms with Gasteiger partial charge in [-0.3, -0.25) is 9.48 Å². The fraction of sp³-hybridized carbons (Fsp3) is 0.562. The highest BCUT2D eigenvalue weighted by Gasteiger charge is 2.34. The van der Waals surface area contributed by atoms with E-state index in [0.717, 1.165) is 30.6 Å². The average molecular weight is 302 g/mol. The zero-order valence-electron chi connectivity index (χ0n) is 13.5. The van der Waals surface area contributed by atoms with E-state index in [1.807, 2.05) is 7.05 Å². The van der Waals surface area contributed by atoms with Crippen molar-refractivity contribution in [2.45, 2.75) is 40.0 Å². The average Bonchev–Trinajstić information content (AvgIpc) is 3.03. The number of aromatic nitrogens is 3. The maximum absolute atomic E-state index is 12.4. The lowest BCUT2D eigenvalue weighted by atomic mass is 9.71. The van der Waals surface area contributed by atoms with Crippen LogP contribution < -0.4 is 5.32 Å². The van der Waals surface area contributed by atoms with E-state index in [1.54, 1.807) is 16.9 Å². The number of hydrogen-bond donors (Lipinski definition) is 1. The van der Waals surface area contributed by atoms with Crippen LogP contribution in [0.3, 0.4) is 0 Å². The van der Waals surface area contributed by atoms with Crippen molar-refractivity contribution in [3.8, 4) is 0 Å². The molecule has 1 aliphatic rings. The van der Waals surface area contributed by atoms with Crippen LogP contribution in [0.4, 0.5) is 5.82 Å². The molecule has 0 aromatic carbocycles. The first kappa shape index (κ1) is 14.8. The first-order valence-corrected chi connectivity index (χ1v) is 7.63. The number of nitrogens with one attached hydrogen (secondary N) is 1. The summed E-state index contributed by atoms with van der Waals surface area (Å²) in [5.41, 5.74) is 1.57. The molecule has 0 saturated heterocycles. The van der Waals surface area contributed by atoms with E-state index in [9.17, 15) is 4.79 Å². The summed E-state index contributed by atoms with van der Waals surface area (Å²) in [5, 5.41) is 10.9. The van der Waals surface area contributed by atoms with Crippen molar-refractivity contribution in [2.24, 2.45) is 18.4 Å². The highest BCUT2D eigenvalue weighted by atomic mass is 16.5. The molecule has 0 fully saturated rings. The predicted octanol–water partition coefficient (Wildman–Crippen LogP) is 2.81. The van der Waals surface area contributed by atoms with Crippen LogP contribution in [0.5, 0.6) is 0 Å². The van der Waals surface area contributed by atoms with Crippen molar-refractivity contribution in [2.75, 3.05) is 5.32 Å². The third kappa shape index (κ3) is 2.77. The lowest BCUT2D eigenvalue weighted by Crippen LogP contribution is -2.27. The summed E-state index contributed by atoms with van der Waals surface area (Å²) in [6, 6.07) is 1.75. The van der Waals surface area contributed by atoms with Crippen LogP contribution >= 0.6 is 0 Å². The summed E-state index contributed by atoms with van der Waals surface area (Å²) in [6.45, 7) is 6.72. The monoisotopic (exact) mass is 302 g/mol. The van der Waals surface area contributed by atoms with Gasteiger partial charge in [-0.1, -0.05) is 25.9 Å². The van der Waals surface area contributed by atoms with Crippen LogP contribution in [0, 0.1) is 11.3 Å². The van der Waals surface area contributed by atoms with Gasteiger partial charge in [-0.15, -0.1) is 0 Å². The van der Waals surface area contributed by atoms with Gasteiger partial charge in [0.05, 0.1) is 0 Å². The minimum Gasteiger partial charge on any atom is -0.360 e. The molecule has 1 N–H and O–H groups in total. The third-order valence-corrected chi connectivity index (χ3v) is 4.43. The lowest BCUT2D eigenvalue weighted by Gasteiger charge is -2.33. The standard InChI is InChI=1S/C16H22N4O2/c1-16(2,3)10-5-6-12-11(9-10)14(19-22-12)15(21)17-13-7-8-20(4)18-13/h7-8,10H,5-6,9H2,1-4H3,(H,17,18,21)/t10-/m0/s1. The molecule has 0 aliphatic heterocycles. The van der Waals surface area contributed by atoms with E-state index in [2.05, 4.69) is 36.3 Å². The summed E-state index contributed by atoms with van der Waals surface area (Å²) in [5.74, 6) is 1.65. The van der Waals surface area contributed by atoms with Gasteiger partial charge < -0.3 is 9.84 Å². The Kier molecular flexibility index (Phi) is 3.54.